The fourth-order valence-corrected chi connectivity index (χ4v) is 2.18. The fourth-order valence-electron chi connectivity index (χ4n) is 1.18. The van der Waals surface area contributed by atoms with Crippen LogP contribution in [0.15, 0.2) is 6.58 Å². The minimum absolute atomic E-state index is 0.650. The summed E-state index contributed by atoms with van der Waals surface area (Å²) >= 11 is 1.63. The Morgan fingerprint density at radius 1 is 1.64 bits per heavy atom. The van der Waals surface area contributed by atoms with Crippen LogP contribution in [0.4, 0.5) is 0 Å². The third kappa shape index (κ3) is 2.56. The van der Waals surface area contributed by atoms with Gasteiger partial charge in [0, 0.05) is 6.54 Å². The third-order valence-corrected chi connectivity index (χ3v) is 2.94. The van der Waals surface area contributed by atoms with E-state index in [0.29, 0.717) is 6.61 Å². The first kappa shape index (κ1) is 11.2. The number of aromatic nitrogens is 1. The van der Waals surface area contributed by atoms with Gasteiger partial charge in [-0.15, -0.1) is 11.3 Å². The molecule has 0 atom stereocenters. The standard InChI is InChI=1S/C10H16N2OS/c1-5-13-8(3)10-7(2)12-9(14-10)6-11-4/h11H,3,5-6H2,1-2,4H3. The molecule has 1 aromatic rings. The van der Waals surface area contributed by atoms with Gasteiger partial charge in [-0.3, -0.25) is 0 Å². The van der Waals surface area contributed by atoms with E-state index < -0.39 is 0 Å². The molecule has 78 valence electrons. The highest BCUT2D eigenvalue weighted by Gasteiger charge is 2.10. The summed E-state index contributed by atoms with van der Waals surface area (Å²) in [6.07, 6.45) is 0. The molecule has 1 rings (SSSR count). The zero-order chi connectivity index (χ0) is 10.6. The number of aryl methyl sites for hydroxylation is 1. The van der Waals surface area contributed by atoms with Gasteiger partial charge in [0.25, 0.3) is 0 Å². The molecule has 0 amide bonds. The largest absolute Gasteiger partial charge is 0.493 e. The van der Waals surface area contributed by atoms with E-state index in [4.69, 9.17) is 4.74 Å². The highest BCUT2D eigenvalue weighted by molar-refractivity contribution is 7.12. The second kappa shape index (κ2) is 5.12. The molecule has 1 aromatic heterocycles. The summed E-state index contributed by atoms with van der Waals surface area (Å²) in [5, 5.41) is 4.14. The number of nitrogens with one attached hydrogen (secondary N) is 1. The Hall–Kier alpha value is -0.870. The van der Waals surface area contributed by atoms with Gasteiger partial charge < -0.3 is 10.1 Å². The zero-order valence-electron chi connectivity index (χ0n) is 8.89. The highest BCUT2D eigenvalue weighted by atomic mass is 32.1. The maximum Gasteiger partial charge on any atom is 0.131 e. The van der Waals surface area contributed by atoms with Crippen LogP contribution >= 0.6 is 11.3 Å². The van der Waals surface area contributed by atoms with Crippen molar-refractivity contribution >= 4 is 17.1 Å². The maximum atomic E-state index is 5.36. The van der Waals surface area contributed by atoms with Gasteiger partial charge >= 0.3 is 0 Å². The van der Waals surface area contributed by atoms with Crippen LogP contribution in [0.2, 0.25) is 0 Å². The van der Waals surface area contributed by atoms with Crippen LogP contribution in [-0.2, 0) is 11.3 Å². The predicted octanol–water partition coefficient (Wildman–Crippen LogP) is 2.18. The average molecular weight is 212 g/mol. The lowest BCUT2D eigenvalue weighted by Crippen LogP contribution is -2.04. The molecule has 1 heterocycles. The van der Waals surface area contributed by atoms with Gasteiger partial charge in [0.1, 0.15) is 10.8 Å². The maximum absolute atomic E-state index is 5.36. The number of hydrogen-bond acceptors (Lipinski definition) is 4. The second-order valence-electron chi connectivity index (χ2n) is 2.91. The fraction of sp³-hybridized carbons (Fsp3) is 0.500. The van der Waals surface area contributed by atoms with Crippen molar-refractivity contribution in [1.29, 1.82) is 0 Å². The van der Waals surface area contributed by atoms with Crippen LogP contribution in [0.3, 0.4) is 0 Å². The summed E-state index contributed by atoms with van der Waals surface area (Å²) < 4.78 is 5.36. The van der Waals surface area contributed by atoms with Crippen LogP contribution in [0.1, 0.15) is 22.5 Å². The smallest absolute Gasteiger partial charge is 0.131 e. The van der Waals surface area contributed by atoms with Gasteiger partial charge in [-0.2, -0.15) is 0 Å². The molecule has 0 bridgehead atoms. The lowest BCUT2D eigenvalue weighted by atomic mass is 10.3. The van der Waals surface area contributed by atoms with Crippen LogP contribution in [0.25, 0.3) is 5.76 Å². The van der Waals surface area contributed by atoms with E-state index in [-0.39, 0.29) is 0 Å². The summed E-state index contributed by atoms with van der Waals surface area (Å²) in [4.78, 5) is 5.47. The molecule has 0 aliphatic rings. The van der Waals surface area contributed by atoms with Gasteiger partial charge in [0.2, 0.25) is 0 Å². The predicted molar refractivity (Wildman–Crippen MR) is 60.3 cm³/mol. The van der Waals surface area contributed by atoms with Gasteiger partial charge in [-0.1, -0.05) is 6.58 Å². The molecule has 3 nitrogen and oxygen atoms in total. The van der Waals surface area contributed by atoms with E-state index in [1.54, 1.807) is 11.3 Å². The minimum Gasteiger partial charge on any atom is -0.493 e. The SMILES string of the molecule is C=C(OCC)c1sc(CNC)nc1C. The van der Waals surface area contributed by atoms with Gasteiger partial charge in [-0.05, 0) is 20.9 Å². The quantitative estimate of drug-likeness (QED) is 0.760. The van der Waals surface area contributed by atoms with Gasteiger partial charge in [0.05, 0.1) is 17.2 Å². The molecular formula is C10H16N2OS. The first-order chi connectivity index (χ1) is 6.69. The monoisotopic (exact) mass is 212 g/mol. The summed E-state index contributed by atoms with van der Waals surface area (Å²) in [5.74, 6) is 0.727. The number of rotatable bonds is 5. The van der Waals surface area contributed by atoms with E-state index in [1.807, 2.05) is 20.9 Å². The Kier molecular flexibility index (Phi) is 4.10. The van der Waals surface area contributed by atoms with E-state index in [0.717, 1.165) is 27.9 Å². The Morgan fingerprint density at radius 2 is 2.36 bits per heavy atom. The molecule has 1 N–H and O–H groups in total. The molecule has 0 unspecified atom stereocenters. The van der Waals surface area contributed by atoms with Crippen molar-refractivity contribution in [1.82, 2.24) is 10.3 Å². The van der Waals surface area contributed by atoms with Crippen molar-refractivity contribution in [3.8, 4) is 0 Å². The zero-order valence-corrected chi connectivity index (χ0v) is 9.70. The molecule has 0 aliphatic carbocycles. The molecule has 0 saturated carbocycles. The lowest BCUT2D eigenvalue weighted by Gasteiger charge is -2.03. The summed E-state index contributed by atoms with van der Waals surface area (Å²) in [6, 6.07) is 0. The Bertz CT molecular complexity index is 320. The molecule has 0 spiro atoms. The summed E-state index contributed by atoms with van der Waals surface area (Å²) in [5.41, 5.74) is 0.999. The third-order valence-electron chi connectivity index (χ3n) is 1.74. The Morgan fingerprint density at radius 3 is 2.93 bits per heavy atom. The topological polar surface area (TPSA) is 34.1 Å². The summed E-state index contributed by atoms with van der Waals surface area (Å²) in [6.45, 7) is 9.26. The minimum atomic E-state index is 0.650. The highest BCUT2D eigenvalue weighted by Crippen LogP contribution is 2.25. The second-order valence-corrected chi connectivity index (χ2v) is 3.99. The van der Waals surface area contributed by atoms with Gasteiger partial charge in [-0.25, -0.2) is 4.98 Å². The number of nitrogens with zero attached hydrogens (tertiary/aromatic N) is 1. The van der Waals surface area contributed by atoms with Crippen molar-refractivity contribution < 1.29 is 4.74 Å². The van der Waals surface area contributed by atoms with Crippen molar-refractivity contribution in [3.63, 3.8) is 0 Å². The van der Waals surface area contributed by atoms with Crippen molar-refractivity contribution in [2.45, 2.75) is 20.4 Å². The molecule has 0 aromatic carbocycles. The van der Waals surface area contributed by atoms with Crippen LogP contribution in [0, 0.1) is 6.92 Å². The molecule has 0 radical (unpaired) electrons. The van der Waals surface area contributed by atoms with Crippen LogP contribution in [0.5, 0.6) is 0 Å². The molecular weight excluding hydrogens is 196 g/mol. The van der Waals surface area contributed by atoms with Crippen LogP contribution in [-0.4, -0.2) is 18.6 Å². The van der Waals surface area contributed by atoms with Crippen molar-refractivity contribution in [2.75, 3.05) is 13.7 Å². The number of ether oxygens (including phenoxy) is 1. The Balaban J connectivity index is 2.81. The molecule has 14 heavy (non-hydrogen) atoms. The number of thiazole rings is 1. The van der Waals surface area contributed by atoms with E-state index in [9.17, 15) is 0 Å². The number of hydrogen-bond donors (Lipinski definition) is 1. The average Bonchev–Trinajstić information content (AvgIpc) is 2.48. The van der Waals surface area contributed by atoms with Crippen LogP contribution < -0.4 is 5.32 Å². The van der Waals surface area contributed by atoms with E-state index >= 15 is 0 Å². The molecule has 0 aliphatic heterocycles. The lowest BCUT2D eigenvalue weighted by molar-refractivity contribution is 0.300. The van der Waals surface area contributed by atoms with E-state index in [1.165, 1.54) is 0 Å². The molecule has 4 heteroatoms. The Labute approximate surface area is 88.8 Å². The van der Waals surface area contributed by atoms with E-state index in [2.05, 4.69) is 16.9 Å². The first-order valence-corrected chi connectivity index (χ1v) is 5.43. The van der Waals surface area contributed by atoms with Gasteiger partial charge in [0.15, 0.2) is 0 Å². The summed E-state index contributed by atoms with van der Waals surface area (Å²) in [7, 11) is 1.91. The normalized spacial score (nSPS) is 10.2. The molecule has 0 saturated heterocycles. The first-order valence-electron chi connectivity index (χ1n) is 4.62. The van der Waals surface area contributed by atoms with Crippen molar-refractivity contribution in [3.05, 3.63) is 22.2 Å². The molecule has 0 fully saturated rings. The van der Waals surface area contributed by atoms with Crippen molar-refractivity contribution in [2.24, 2.45) is 0 Å².